The Balaban J connectivity index is 1.10. The van der Waals surface area contributed by atoms with Gasteiger partial charge >= 0.3 is 6.18 Å². The molecule has 0 heterocycles. The van der Waals surface area contributed by atoms with Gasteiger partial charge in [-0.25, -0.2) is 0 Å². The van der Waals surface area contributed by atoms with E-state index >= 15 is 13.2 Å². The summed E-state index contributed by atoms with van der Waals surface area (Å²) in [6, 6.07) is 71.1. The zero-order valence-corrected chi connectivity index (χ0v) is 34.5. The van der Waals surface area contributed by atoms with Gasteiger partial charge in [-0.2, -0.15) is 13.2 Å². The monoisotopic (exact) mass is 826 g/mol. The van der Waals surface area contributed by atoms with Crippen LogP contribution in [0.1, 0.15) is 28.7 Å². The molecule has 64 heavy (non-hydrogen) atoms. The number of allylic oxidation sites excluding steroid dienone is 4. The highest BCUT2D eigenvalue weighted by Crippen LogP contribution is 2.62. The van der Waals surface area contributed by atoms with E-state index in [1.165, 1.54) is 60.7 Å². The van der Waals surface area contributed by atoms with Crippen LogP contribution in [0.3, 0.4) is 0 Å². The van der Waals surface area contributed by atoms with Crippen molar-refractivity contribution in [2.24, 2.45) is 5.92 Å². The van der Waals surface area contributed by atoms with Gasteiger partial charge in [0.05, 0.1) is 5.92 Å². The van der Waals surface area contributed by atoms with Crippen LogP contribution in [0.5, 0.6) is 0 Å². The van der Waals surface area contributed by atoms with Gasteiger partial charge in [0.25, 0.3) is 0 Å². The molecule has 0 spiro atoms. The minimum Gasteiger partial charge on any atom is -0.170 e. The number of hydrogen-bond acceptors (Lipinski definition) is 0. The van der Waals surface area contributed by atoms with Gasteiger partial charge in [0.2, 0.25) is 0 Å². The molecule has 13 rings (SSSR count). The molecule has 3 aliphatic rings. The highest BCUT2D eigenvalue weighted by Gasteiger charge is 2.48. The van der Waals surface area contributed by atoms with E-state index in [-0.39, 0.29) is 6.42 Å². The third kappa shape index (κ3) is 5.25. The highest BCUT2D eigenvalue weighted by atomic mass is 19.4. The molecule has 10 aromatic rings. The van der Waals surface area contributed by atoms with Gasteiger partial charge in [-0.3, -0.25) is 0 Å². The molecule has 3 heteroatoms. The van der Waals surface area contributed by atoms with Crippen molar-refractivity contribution >= 4 is 54.6 Å². The van der Waals surface area contributed by atoms with Gasteiger partial charge in [0.1, 0.15) is 0 Å². The van der Waals surface area contributed by atoms with Crippen LogP contribution >= 0.6 is 0 Å². The van der Waals surface area contributed by atoms with Gasteiger partial charge < -0.3 is 0 Å². The minimum absolute atomic E-state index is 0.131. The fraction of sp³-hybridized carbons (Fsp3) is 0.0492. The predicted octanol–water partition coefficient (Wildman–Crippen LogP) is 17.2. The first kappa shape index (κ1) is 36.9. The van der Waals surface area contributed by atoms with E-state index in [4.69, 9.17) is 0 Å². The van der Waals surface area contributed by atoms with Gasteiger partial charge in [-0.1, -0.05) is 206 Å². The topological polar surface area (TPSA) is 0 Å². The summed E-state index contributed by atoms with van der Waals surface area (Å²) >= 11 is 0. The maximum atomic E-state index is 15.5. The lowest BCUT2D eigenvalue weighted by molar-refractivity contribution is -0.156. The van der Waals surface area contributed by atoms with Crippen molar-refractivity contribution < 1.29 is 13.2 Å². The maximum Gasteiger partial charge on any atom is 0.396 e. The van der Waals surface area contributed by atoms with Crippen molar-refractivity contribution in [1.29, 1.82) is 0 Å². The summed E-state index contributed by atoms with van der Waals surface area (Å²) in [6.45, 7) is 0. The van der Waals surface area contributed by atoms with Gasteiger partial charge in [0.15, 0.2) is 0 Å². The fourth-order valence-corrected chi connectivity index (χ4v) is 11.5. The lowest BCUT2D eigenvalue weighted by Crippen LogP contribution is -2.27. The molecular weight excluding hydrogens is 790 g/mol. The SMILES string of the molecule is FC(F)(F)C1CC(c2ccccc2)=C2C(=C1c1ccccc1)c1cccc3c(-c4ccc5c6c(cccc46)-c4c-5c(-c5ccccc5)c5ccccc5c4-c4ccccc4)ccc2c13. The second-order valence-corrected chi connectivity index (χ2v) is 17.2. The zero-order valence-electron chi connectivity index (χ0n) is 34.5. The van der Waals surface area contributed by atoms with Crippen molar-refractivity contribution in [3.8, 4) is 55.6 Å². The molecule has 1 atom stereocenters. The van der Waals surface area contributed by atoms with E-state index in [0.29, 0.717) is 16.7 Å². The molecule has 0 aromatic heterocycles. The molecule has 0 aliphatic heterocycles. The Bertz CT molecular complexity index is 3540. The Labute approximate surface area is 368 Å². The first-order valence-corrected chi connectivity index (χ1v) is 21.9. The van der Waals surface area contributed by atoms with E-state index in [0.717, 1.165) is 55.1 Å². The second-order valence-electron chi connectivity index (χ2n) is 17.2. The number of fused-ring (bicyclic) bond motifs is 7. The average Bonchev–Trinajstić information content (AvgIpc) is 3.86. The van der Waals surface area contributed by atoms with E-state index in [1.54, 1.807) is 0 Å². The fourth-order valence-electron chi connectivity index (χ4n) is 11.5. The zero-order chi connectivity index (χ0) is 42.7. The Morgan fingerprint density at radius 2 is 0.703 bits per heavy atom. The number of halogens is 3. The number of hydrogen-bond donors (Lipinski definition) is 0. The van der Waals surface area contributed by atoms with Crippen molar-refractivity contribution in [3.63, 3.8) is 0 Å². The molecule has 1 unspecified atom stereocenters. The normalized spacial score (nSPS) is 15.1. The van der Waals surface area contributed by atoms with E-state index in [2.05, 4.69) is 133 Å². The molecular formula is C61H37F3. The Hall–Kier alpha value is -7.75. The van der Waals surface area contributed by atoms with Crippen LogP contribution in [0.15, 0.2) is 206 Å². The van der Waals surface area contributed by atoms with Crippen LogP contribution in [-0.2, 0) is 0 Å². The molecule has 0 fully saturated rings. The molecule has 0 saturated heterocycles. The summed E-state index contributed by atoms with van der Waals surface area (Å²) in [7, 11) is 0. The minimum atomic E-state index is -4.45. The van der Waals surface area contributed by atoms with Crippen molar-refractivity contribution in [3.05, 3.63) is 229 Å². The first-order valence-electron chi connectivity index (χ1n) is 21.9. The van der Waals surface area contributed by atoms with E-state index in [1.807, 2.05) is 72.8 Å². The Morgan fingerprint density at radius 1 is 0.312 bits per heavy atom. The van der Waals surface area contributed by atoms with Gasteiger partial charge in [-0.15, -0.1) is 0 Å². The Morgan fingerprint density at radius 3 is 1.23 bits per heavy atom. The smallest absolute Gasteiger partial charge is 0.170 e. The highest BCUT2D eigenvalue weighted by molar-refractivity contribution is 6.35. The van der Waals surface area contributed by atoms with Gasteiger partial charge in [0, 0.05) is 0 Å². The van der Waals surface area contributed by atoms with Crippen LogP contribution < -0.4 is 0 Å². The number of alkyl halides is 3. The summed E-state index contributed by atoms with van der Waals surface area (Å²) in [5, 5.41) is 6.83. The predicted molar refractivity (Wildman–Crippen MR) is 260 cm³/mol. The standard InChI is InChI=1S/C61H37F3/c62-61(63,64)51-35-50(36-17-5-1-6-18-36)57-48-33-31-40(42-27-16-30-47(55(42)48)60(57)54(51)39-23-11-4-12-24-39)41-32-34-49-56-43(41)28-15-29-46(56)58-52(37-19-7-2-8-20-37)44-25-13-14-26-45(44)53(59(49)58)38-21-9-3-10-22-38/h1-34,51H,35H2. The molecule has 0 saturated carbocycles. The molecule has 0 bridgehead atoms. The summed E-state index contributed by atoms with van der Waals surface area (Å²) in [4.78, 5) is 0. The van der Waals surface area contributed by atoms with Crippen LogP contribution in [0.4, 0.5) is 13.2 Å². The van der Waals surface area contributed by atoms with E-state index < -0.39 is 12.1 Å². The van der Waals surface area contributed by atoms with Crippen molar-refractivity contribution in [2.45, 2.75) is 12.6 Å². The third-order valence-corrected chi connectivity index (χ3v) is 14.0. The van der Waals surface area contributed by atoms with Crippen LogP contribution in [0.2, 0.25) is 0 Å². The maximum absolute atomic E-state index is 15.5. The van der Waals surface area contributed by atoms with Crippen molar-refractivity contribution in [2.75, 3.05) is 0 Å². The summed E-state index contributed by atoms with van der Waals surface area (Å²) < 4.78 is 46.5. The molecule has 302 valence electrons. The lowest BCUT2D eigenvalue weighted by atomic mass is 9.73. The van der Waals surface area contributed by atoms with Crippen molar-refractivity contribution in [1.82, 2.24) is 0 Å². The average molecular weight is 827 g/mol. The van der Waals surface area contributed by atoms with Crippen LogP contribution in [0.25, 0.3) is 110 Å². The molecule has 3 aliphatic carbocycles. The summed E-state index contributed by atoms with van der Waals surface area (Å²) in [6.07, 6.45) is -4.58. The molecule has 0 radical (unpaired) electrons. The molecule has 10 aromatic carbocycles. The quantitative estimate of drug-likeness (QED) is 0.162. The van der Waals surface area contributed by atoms with Gasteiger partial charge in [-0.05, 0) is 139 Å². The number of rotatable bonds is 5. The lowest BCUT2D eigenvalue weighted by Gasteiger charge is -2.33. The van der Waals surface area contributed by atoms with Crippen LogP contribution in [0, 0.1) is 5.92 Å². The molecule has 0 amide bonds. The van der Waals surface area contributed by atoms with Crippen LogP contribution in [-0.4, -0.2) is 6.18 Å². The third-order valence-electron chi connectivity index (χ3n) is 14.0. The largest absolute Gasteiger partial charge is 0.396 e. The van der Waals surface area contributed by atoms with E-state index in [9.17, 15) is 0 Å². The first-order chi connectivity index (χ1) is 31.5. The second kappa shape index (κ2) is 13.9. The Kier molecular flexibility index (Phi) is 7.99. The summed E-state index contributed by atoms with van der Waals surface area (Å²) in [5.74, 6) is -1.66. The molecule has 0 N–H and O–H groups in total. The molecule has 0 nitrogen and oxygen atoms in total. The summed E-state index contributed by atoms with van der Waals surface area (Å²) in [5.41, 5.74) is 17.8. The number of benzene rings is 10.